The molecule has 8 heteroatoms. The molecular formula is C24H31N3O4S. The first-order valence-electron chi connectivity index (χ1n) is 11.5. The zero-order valence-corrected chi connectivity index (χ0v) is 19.3. The van der Waals surface area contributed by atoms with Gasteiger partial charge in [-0.2, -0.15) is 0 Å². The van der Waals surface area contributed by atoms with Crippen molar-refractivity contribution in [3.05, 3.63) is 40.3 Å². The fourth-order valence-electron chi connectivity index (χ4n) is 4.57. The third-order valence-electron chi connectivity index (χ3n) is 6.34. The number of nitrogens with zero attached hydrogens (tertiary/aromatic N) is 1. The number of thiazole rings is 1. The number of nitrogens with one attached hydrogen (secondary N) is 2. The molecule has 2 amide bonds. The topological polar surface area (TPSA) is 89.6 Å². The van der Waals surface area contributed by atoms with E-state index in [0.29, 0.717) is 17.2 Å². The smallest absolute Gasteiger partial charge is 0.271 e. The van der Waals surface area contributed by atoms with Crippen molar-refractivity contribution in [2.45, 2.75) is 70.1 Å². The van der Waals surface area contributed by atoms with Crippen molar-refractivity contribution in [3.8, 4) is 11.5 Å². The van der Waals surface area contributed by atoms with Gasteiger partial charge in [0, 0.05) is 23.4 Å². The number of hydrogen-bond donors (Lipinski definition) is 2. The number of methoxy groups -OCH3 is 1. The first kappa shape index (κ1) is 22.6. The average molecular weight is 458 g/mol. The molecule has 2 aromatic rings. The van der Waals surface area contributed by atoms with E-state index in [4.69, 9.17) is 9.47 Å². The van der Waals surface area contributed by atoms with Gasteiger partial charge in [-0.25, -0.2) is 4.98 Å². The summed E-state index contributed by atoms with van der Waals surface area (Å²) in [6.45, 7) is 0.266. The van der Waals surface area contributed by atoms with Gasteiger partial charge in [0.05, 0.1) is 7.11 Å². The molecule has 1 aromatic carbocycles. The molecule has 172 valence electrons. The molecule has 0 unspecified atom stereocenters. The fourth-order valence-corrected chi connectivity index (χ4v) is 5.25. The zero-order chi connectivity index (χ0) is 22.3. The molecule has 0 spiro atoms. The van der Waals surface area contributed by atoms with Gasteiger partial charge in [-0.1, -0.05) is 37.8 Å². The number of benzene rings is 1. The van der Waals surface area contributed by atoms with Crippen LogP contribution < -0.4 is 20.1 Å². The van der Waals surface area contributed by atoms with Crippen molar-refractivity contribution in [1.29, 1.82) is 0 Å². The first-order valence-corrected chi connectivity index (χ1v) is 12.3. The molecule has 0 radical (unpaired) electrons. The highest BCUT2D eigenvalue weighted by atomic mass is 32.1. The Morgan fingerprint density at radius 1 is 1.00 bits per heavy atom. The summed E-state index contributed by atoms with van der Waals surface area (Å²) in [6.07, 6.45) is 8.13. The molecular weight excluding hydrogens is 426 g/mol. The normalized spacial score (nSPS) is 21.2. The summed E-state index contributed by atoms with van der Waals surface area (Å²) in [4.78, 5) is 29.9. The Balaban J connectivity index is 1.32. The number of ether oxygens (including phenoxy) is 2. The lowest BCUT2D eigenvalue weighted by Crippen LogP contribution is -2.54. The van der Waals surface area contributed by atoms with Gasteiger partial charge < -0.3 is 20.1 Å². The van der Waals surface area contributed by atoms with E-state index in [1.54, 1.807) is 12.5 Å². The summed E-state index contributed by atoms with van der Waals surface area (Å²) < 4.78 is 11.1. The Bertz CT molecular complexity index is 925. The Morgan fingerprint density at radius 3 is 2.38 bits per heavy atom. The lowest BCUT2D eigenvalue weighted by molar-refractivity contribution is -0.125. The van der Waals surface area contributed by atoms with E-state index in [1.165, 1.54) is 11.3 Å². The van der Waals surface area contributed by atoms with Gasteiger partial charge in [-0.05, 0) is 37.8 Å². The first-order chi connectivity index (χ1) is 15.6. The lowest BCUT2D eigenvalue weighted by Gasteiger charge is -2.33. The van der Waals surface area contributed by atoms with Gasteiger partial charge in [0.2, 0.25) is 5.91 Å². The highest BCUT2D eigenvalue weighted by Crippen LogP contribution is 2.28. The summed E-state index contributed by atoms with van der Waals surface area (Å²) in [5, 5.41) is 8.81. The number of carbonyl (C=O) groups is 2. The minimum absolute atomic E-state index is 0.00668. The fraction of sp³-hybridized carbons (Fsp3) is 0.542. The van der Waals surface area contributed by atoms with Crippen LogP contribution in [0, 0.1) is 5.92 Å². The summed E-state index contributed by atoms with van der Waals surface area (Å²) in [5.74, 6) is 1.39. The van der Waals surface area contributed by atoms with Crippen LogP contribution in [0.4, 0.5) is 0 Å². The molecule has 0 bridgehead atoms. The minimum atomic E-state index is -0.197. The molecule has 0 aliphatic heterocycles. The number of amides is 2. The van der Waals surface area contributed by atoms with Gasteiger partial charge >= 0.3 is 0 Å². The maximum absolute atomic E-state index is 12.8. The van der Waals surface area contributed by atoms with Gasteiger partial charge in [0.15, 0.2) is 11.5 Å². The molecule has 4 rings (SSSR count). The number of carbonyl (C=O) groups excluding carboxylic acids is 2. The molecule has 32 heavy (non-hydrogen) atoms. The monoisotopic (exact) mass is 457 g/mol. The van der Waals surface area contributed by atoms with E-state index in [0.717, 1.165) is 56.4 Å². The predicted molar refractivity (Wildman–Crippen MR) is 123 cm³/mol. The lowest BCUT2D eigenvalue weighted by atomic mass is 9.89. The van der Waals surface area contributed by atoms with Crippen molar-refractivity contribution in [2.75, 3.05) is 7.11 Å². The Morgan fingerprint density at radius 2 is 1.66 bits per heavy atom. The van der Waals surface area contributed by atoms with Crippen molar-refractivity contribution >= 4 is 23.2 Å². The molecule has 2 N–H and O–H groups in total. The van der Waals surface area contributed by atoms with Crippen molar-refractivity contribution in [1.82, 2.24) is 15.6 Å². The van der Waals surface area contributed by atoms with E-state index in [-0.39, 0.29) is 36.4 Å². The second-order valence-corrected chi connectivity index (χ2v) is 9.47. The quantitative estimate of drug-likeness (QED) is 0.624. The average Bonchev–Trinajstić information content (AvgIpc) is 3.52. The predicted octanol–water partition coefficient (Wildman–Crippen LogP) is 4.08. The molecule has 2 atom stereocenters. The number of aromatic nitrogens is 1. The van der Waals surface area contributed by atoms with Gasteiger partial charge in [-0.15, -0.1) is 11.3 Å². The van der Waals surface area contributed by atoms with E-state index < -0.39 is 0 Å². The van der Waals surface area contributed by atoms with E-state index in [9.17, 15) is 9.59 Å². The number of rotatable bonds is 8. The Hall–Kier alpha value is -2.61. The van der Waals surface area contributed by atoms with Crippen molar-refractivity contribution in [2.24, 2.45) is 5.92 Å². The van der Waals surface area contributed by atoms with Gasteiger partial charge in [-0.3, -0.25) is 9.59 Å². The van der Waals surface area contributed by atoms with Crippen LogP contribution in [-0.2, 0) is 11.4 Å². The van der Waals surface area contributed by atoms with Crippen LogP contribution >= 0.6 is 11.3 Å². The van der Waals surface area contributed by atoms with Crippen LogP contribution in [0.25, 0.3) is 0 Å². The minimum Gasteiger partial charge on any atom is -0.493 e. The van der Waals surface area contributed by atoms with Crippen molar-refractivity contribution < 1.29 is 19.1 Å². The number of para-hydroxylation sites is 2. The standard InChI is InChI=1S/C24H31N3O4S/c1-30-20-12-6-7-13-21(20)31-14-22-25-19(15-32-22)24(29)27-18-11-5-4-10-17(18)26-23(28)16-8-2-3-9-16/h6-7,12-13,15-18H,2-5,8-11,14H2,1H3,(H,26,28)(H,27,29)/t17-,18-/m0/s1. The summed E-state index contributed by atoms with van der Waals surface area (Å²) in [7, 11) is 1.60. The largest absolute Gasteiger partial charge is 0.493 e. The van der Waals surface area contributed by atoms with Crippen LogP contribution in [-0.4, -0.2) is 36.0 Å². The van der Waals surface area contributed by atoms with Gasteiger partial charge in [0.25, 0.3) is 5.91 Å². The van der Waals surface area contributed by atoms with Crippen LogP contribution in [0.2, 0.25) is 0 Å². The maximum atomic E-state index is 12.8. The molecule has 7 nitrogen and oxygen atoms in total. The summed E-state index contributed by atoms with van der Waals surface area (Å²) in [5.41, 5.74) is 0.389. The number of hydrogen-bond acceptors (Lipinski definition) is 6. The van der Waals surface area contributed by atoms with E-state index >= 15 is 0 Å². The SMILES string of the molecule is COc1ccccc1OCc1nc(C(=O)N[C@H]2CCCC[C@@H]2NC(=O)C2CCCC2)cs1. The molecule has 2 aliphatic carbocycles. The molecule has 2 saturated carbocycles. The van der Waals surface area contributed by atoms with Crippen molar-refractivity contribution in [3.63, 3.8) is 0 Å². The Kier molecular flexibility index (Phi) is 7.63. The molecule has 1 aromatic heterocycles. The summed E-state index contributed by atoms with van der Waals surface area (Å²) >= 11 is 1.39. The molecule has 1 heterocycles. The van der Waals surface area contributed by atoms with Crippen LogP contribution in [0.5, 0.6) is 11.5 Å². The van der Waals surface area contributed by atoms with Crippen LogP contribution in [0.15, 0.2) is 29.6 Å². The highest BCUT2D eigenvalue weighted by Gasteiger charge is 2.31. The highest BCUT2D eigenvalue weighted by molar-refractivity contribution is 7.09. The summed E-state index contributed by atoms with van der Waals surface area (Å²) in [6, 6.07) is 7.37. The zero-order valence-electron chi connectivity index (χ0n) is 18.5. The third-order valence-corrected chi connectivity index (χ3v) is 7.16. The molecule has 0 saturated heterocycles. The van der Waals surface area contributed by atoms with Crippen LogP contribution in [0.1, 0.15) is 66.9 Å². The second-order valence-electron chi connectivity index (χ2n) is 8.53. The molecule has 2 fully saturated rings. The van der Waals surface area contributed by atoms with E-state index in [1.807, 2.05) is 24.3 Å². The maximum Gasteiger partial charge on any atom is 0.271 e. The van der Waals surface area contributed by atoms with Crippen LogP contribution in [0.3, 0.4) is 0 Å². The second kappa shape index (κ2) is 10.8. The molecule has 2 aliphatic rings. The third kappa shape index (κ3) is 5.59. The van der Waals surface area contributed by atoms with E-state index in [2.05, 4.69) is 15.6 Å². The Labute approximate surface area is 192 Å². The van der Waals surface area contributed by atoms with Gasteiger partial charge in [0.1, 0.15) is 17.3 Å².